The van der Waals surface area contributed by atoms with Gasteiger partial charge < -0.3 is 15.4 Å². The number of nitriles is 1. The summed E-state index contributed by atoms with van der Waals surface area (Å²) in [4.78, 5) is 13.9. The van der Waals surface area contributed by atoms with Crippen molar-refractivity contribution in [2.45, 2.75) is 33.9 Å². The molecule has 0 saturated carbocycles. The first kappa shape index (κ1) is 21.6. The molecule has 0 aliphatic carbocycles. The van der Waals surface area contributed by atoms with Gasteiger partial charge in [-0.1, -0.05) is 18.2 Å². The molecule has 156 valence electrons. The average Bonchev–Trinajstić information content (AvgIpc) is 3.19. The van der Waals surface area contributed by atoms with Gasteiger partial charge in [0, 0.05) is 0 Å². The van der Waals surface area contributed by atoms with Crippen molar-refractivity contribution in [1.82, 2.24) is 9.78 Å². The topological polar surface area (TPSA) is 98.4 Å². The van der Waals surface area contributed by atoms with Gasteiger partial charge >= 0.3 is 5.97 Å². The summed E-state index contributed by atoms with van der Waals surface area (Å²) in [5, 5.41) is 14.6. The number of nitrogen functional groups attached to an aromatic ring is 1. The maximum absolute atomic E-state index is 12.4. The highest BCUT2D eigenvalue weighted by Gasteiger charge is 2.26. The fraction of sp³-hybridized carbons (Fsp3) is 0.318. The number of rotatable bonds is 7. The Morgan fingerprint density at radius 1 is 1.27 bits per heavy atom. The summed E-state index contributed by atoms with van der Waals surface area (Å²) >= 11 is 1.12. The summed E-state index contributed by atoms with van der Waals surface area (Å²) in [6.45, 7) is 7.28. The van der Waals surface area contributed by atoms with Crippen LogP contribution in [0.4, 0.5) is 5.00 Å². The van der Waals surface area contributed by atoms with Crippen molar-refractivity contribution < 1.29 is 14.4 Å². The number of anilines is 1. The molecule has 1 aromatic carbocycles. The second-order valence-corrected chi connectivity index (χ2v) is 8.24. The fourth-order valence-corrected chi connectivity index (χ4v) is 4.49. The third-order valence-electron chi connectivity index (χ3n) is 5.01. The number of thiophene rings is 1. The van der Waals surface area contributed by atoms with E-state index in [1.54, 1.807) is 6.92 Å². The van der Waals surface area contributed by atoms with Crippen molar-refractivity contribution in [1.29, 1.82) is 5.26 Å². The van der Waals surface area contributed by atoms with Crippen LogP contribution in [0.5, 0.6) is 0 Å². The van der Waals surface area contributed by atoms with Crippen molar-refractivity contribution >= 4 is 22.3 Å². The average molecular weight is 425 g/mol. The largest absolute Gasteiger partial charge is 0.462 e. The molecule has 8 heteroatoms. The second-order valence-electron chi connectivity index (χ2n) is 7.19. The van der Waals surface area contributed by atoms with Crippen molar-refractivity contribution in [3.63, 3.8) is 0 Å². The lowest BCUT2D eigenvalue weighted by molar-refractivity contribution is -0.907. The standard InChI is InChI=1S/C22H25N5O2S/c1-5-29-22(28)20-19(17(11-23)21(24)30-20)13-26(4)12-18-14(2)25-27(15(18)3)16-9-7-6-8-10-16/h6-10H,5,12-13,24H2,1-4H3/p+1. The van der Waals surface area contributed by atoms with E-state index in [-0.39, 0.29) is 6.61 Å². The Kier molecular flexibility index (Phi) is 6.55. The smallest absolute Gasteiger partial charge is 0.348 e. The summed E-state index contributed by atoms with van der Waals surface area (Å²) in [5.41, 5.74) is 11.2. The lowest BCUT2D eigenvalue weighted by atomic mass is 10.1. The maximum Gasteiger partial charge on any atom is 0.348 e. The summed E-state index contributed by atoms with van der Waals surface area (Å²) in [7, 11) is 2.03. The predicted molar refractivity (Wildman–Crippen MR) is 117 cm³/mol. The van der Waals surface area contributed by atoms with Crippen LogP contribution in [0.2, 0.25) is 0 Å². The molecule has 0 spiro atoms. The highest BCUT2D eigenvalue weighted by Crippen LogP contribution is 2.30. The number of quaternary nitrogens is 1. The third-order valence-corrected chi connectivity index (χ3v) is 6.05. The Bertz CT molecular complexity index is 1100. The number of nitrogens with zero attached hydrogens (tertiary/aromatic N) is 3. The molecule has 7 nitrogen and oxygen atoms in total. The quantitative estimate of drug-likeness (QED) is 0.568. The molecule has 0 fully saturated rings. The maximum atomic E-state index is 12.4. The Labute approximate surface area is 180 Å². The number of aryl methyl sites for hydroxylation is 1. The number of hydrogen-bond acceptors (Lipinski definition) is 6. The number of nitrogens with one attached hydrogen (secondary N) is 1. The zero-order valence-corrected chi connectivity index (χ0v) is 18.5. The van der Waals surface area contributed by atoms with E-state index in [0.717, 1.165) is 38.9 Å². The van der Waals surface area contributed by atoms with Crippen LogP contribution < -0.4 is 10.6 Å². The summed E-state index contributed by atoms with van der Waals surface area (Å²) in [6.07, 6.45) is 0. The molecule has 0 amide bonds. The van der Waals surface area contributed by atoms with E-state index < -0.39 is 5.97 Å². The van der Waals surface area contributed by atoms with Crippen molar-refractivity contribution in [2.75, 3.05) is 19.4 Å². The Balaban J connectivity index is 1.87. The SMILES string of the molecule is CCOC(=O)c1sc(N)c(C#N)c1C[NH+](C)Cc1c(C)nn(-c2ccccc2)c1C. The van der Waals surface area contributed by atoms with Gasteiger partial charge in [-0.05, 0) is 32.9 Å². The highest BCUT2D eigenvalue weighted by molar-refractivity contribution is 7.18. The first-order valence-electron chi connectivity index (χ1n) is 9.77. The molecule has 0 aliphatic heterocycles. The Hall–Kier alpha value is -3.15. The van der Waals surface area contributed by atoms with E-state index in [4.69, 9.17) is 15.6 Å². The van der Waals surface area contributed by atoms with Crippen LogP contribution in [0.3, 0.4) is 0 Å². The minimum Gasteiger partial charge on any atom is -0.462 e. The fourth-order valence-electron chi connectivity index (χ4n) is 3.56. The van der Waals surface area contributed by atoms with Crippen LogP contribution in [0.15, 0.2) is 30.3 Å². The molecule has 0 bridgehead atoms. The Morgan fingerprint density at radius 3 is 2.57 bits per heavy atom. The number of nitrogens with two attached hydrogens (primary N) is 1. The van der Waals surface area contributed by atoms with E-state index in [1.807, 2.05) is 49.0 Å². The molecular formula is C22H26N5O2S+. The molecule has 30 heavy (non-hydrogen) atoms. The molecule has 0 aliphatic rings. The minimum atomic E-state index is -0.428. The first-order chi connectivity index (χ1) is 14.4. The van der Waals surface area contributed by atoms with E-state index in [0.29, 0.717) is 34.1 Å². The summed E-state index contributed by atoms with van der Waals surface area (Å²) < 4.78 is 7.11. The lowest BCUT2D eigenvalue weighted by Crippen LogP contribution is -3.06. The molecule has 3 rings (SSSR count). The van der Waals surface area contributed by atoms with Crippen LogP contribution in [-0.2, 0) is 17.8 Å². The number of benzene rings is 1. The van der Waals surface area contributed by atoms with Gasteiger partial charge in [0.15, 0.2) is 0 Å². The highest BCUT2D eigenvalue weighted by atomic mass is 32.1. The van der Waals surface area contributed by atoms with Gasteiger partial charge in [0.1, 0.15) is 29.0 Å². The normalized spacial score (nSPS) is 11.8. The van der Waals surface area contributed by atoms with E-state index >= 15 is 0 Å². The number of para-hydroxylation sites is 1. The molecule has 1 atom stereocenters. The van der Waals surface area contributed by atoms with Crippen LogP contribution >= 0.6 is 11.3 Å². The van der Waals surface area contributed by atoms with Gasteiger partial charge in [0.25, 0.3) is 0 Å². The van der Waals surface area contributed by atoms with Crippen molar-refractivity contribution in [3.8, 4) is 11.8 Å². The number of hydrogen-bond donors (Lipinski definition) is 2. The van der Waals surface area contributed by atoms with Crippen molar-refractivity contribution in [3.05, 3.63) is 63.3 Å². The number of carbonyl (C=O) groups is 1. The zero-order valence-electron chi connectivity index (χ0n) is 17.7. The zero-order chi connectivity index (χ0) is 21.8. The number of ether oxygens (including phenoxy) is 1. The summed E-state index contributed by atoms with van der Waals surface area (Å²) in [6, 6.07) is 12.2. The van der Waals surface area contributed by atoms with Gasteiger partial charge in [-0.2, -0.15) is 10.4 Å². The second kappa shape index (κ2) is 9.11. The monoisotopic (exact) mass is 424 g/mol. The molecular weight excluding hydrogens is 398 g/mol. The number of aromatic nitrogens is 2. The first-order valence-corrected chi connectivity index (χ1v) is 10.6. The molecule has 0 radical (unpaired) electrons. The van der Waals surface area contributed by atoms with E-state index in [1.165, 1.54) is 0 Å². The van der Waals surface area contributed by atoms with Crippen LogP contribution in [0.25, 0.3) is 5.69 Å². The molecule has 2 aromatic heterocycles. The Morgan fingerprint density at radius 2 is 1.93 bits per heavy atom. The number of carbonyl (C=O) groups excluding carboxylic acids is 1. The lowest BCUT2D eigenvalue weighted by Gasteiger charge is -2.15. The van der Waals surface area contributed by atoms with Gasteiger partial charge in [0.2, 0.25) is 0 Å². The van der Waals surface area contributed by atoms with Gasteiger partial charge in [-0.3, -0.25) is 0 Å². The van der Waals surface area contributed by atoms with Crippen LogP contribution in [-0.4, -0.2) is 29.4 Å². The van der Waals surface area contributed by atoms with Crippen molar-refractivity contribution in [2.24, 2.45) is 0 Å². The minimum absolute atomic E-state index is 0.276. The molecule has 1 unspecified atom stereocenters. The van der Waals surface area contributed by atoms with Gasteiger partial charge in [-0.15, -0.1) is 11.3 Å². The molecule has 0 saturated heterocycles. The van der Waals surface area contributed by atoms with Crippen LogP contribution in [0, 0.1) is 25.2 Å². The molecule has 2 heterocycles. The van der Waals surface area contributed by atoms with Gasteiger partial charge in [-0.25, -0.2) is 9.48 Å². The van der Waals surface area contributed by atoms with Gasteiger partial charge in [0.05, 0.1) is 47.4 Å². The van der Waals surface area contributed by atoms with Crippen LogP contribution in [0.1, 0.15) is 44.7 Å². The summed E-state index contributed by atoms with van der Waals surface area (Å²) in [5.74, 6) is -0.428. The van der Waals surface area contributed by atoms with E-state index in [9.17, 15) is 10.1 Å². The third kappa shape index (κ3) is 4.22. The predicted octanol–water partition coefficient (Wildman–Crippen LogP) is 2.40. The van der Waals surface area contributed by atoms with E-state index in [2.05, 4.69) is 13.0 Å². The number of esters is 1. The molecule has 3 aromatic rings. The molecule has 3 N–H and O–H groups in total.